The Morgan fingerprint density at radius 1 is 1.29 bits per heavy atom. The number of hydrogen-bond acceptors (Lipinski definition) is 6. The van der Waals surface area contributed by atoms with Crippen LogP contribution in [-0.4, -0.2) is 53.9 Å². The number of nitrogens with zero attached hydrogens (tertiary/aromatic N) is 6. The molecule has 21 heavy (non-hydrogen) atoms. The second-order valence-corrected chi connectivity index (χ2v) is 5.41. The van der Waals surface area contributed by atoms with E-state index in [2.05, 4.69) is 25.0 Å². The highest BCUT2D eigenvalue weighted by molar-refractivity contribution is 5.00. The van der Waals surface area contributed by atoms with E-state index in [4.69, 9.17) is 0 Å². The zero-order valence-corrected chi connectivity index (χ0v) is 12.1. The number of aryl methyl sites for hydroxylation is 1. The molecular formula is C14H20N6O. The van der Waals surface area contributed by atoms with E-state index in [1.807, 2.05) is 11.6 Å². The van der Waals surface area contributed by atoms with Gasteiger partial charge in [-0.05, 0) is 13.3 Å². The number of aliphatic hydroxyl groups is 1. The minimum atomic E-state index is -0.329. The Morgan fingerprint density at radius 2 is 2.19 bits per heavy atom. The summed E-state index contributed by atoms with van der Waals surface area (Å²) in [4.78, 5) is 14.9. The Labute approximate surface area is 123 Å². The average molecular weight is 288 g/mol. The van der Waals surface area contributed by atoms with E-state index in [0.29, 0.717) is 6.54 Å². The van der Waals surface area contributed by atoms with Crippen molar-refractivity contribution in [3.63, 3.8) is 0 Å². The second kappa shape index (κ2) is 6.28. The first-order chi connectivity index (χ1) is 10.3. The van der Waals surface area contributed by atoms with E-state index >= 15 is 0 Å². The molecule has 7 heteroatoms. The fourth-order valence-corrected chi connectivity index (χ4v) is 2.85. The lowest BCUT2D eigenvalue weighted by Crippen LogP contribution is -2.23. The topological polar surface area (TPSA) is 80.0 Å². The van der Waals surface area contributed by atoms with Crippen LogP contribution < -0.4 is 0 Å². The summed E-state index contributed by atoms with van der Waals surface area (Å²) in [6.07, 6.45) is 7.14. The summed E-state index contributed by atoms with van der Waals surface area (Å²) in [6, 6.07) is 0. The SMILES string of the molecule is CCn1ncnc1CN1C[C@@H](Cc2cnccn2)[C@H](O)C1. The smallest absolute Gasteiger partial charge is 0.140 e. The van der Waals surface area contributed by atoms with E-state index < -0.39 is 0 Å². The molecule has 1 fully saturated rings. The van der Waals surface area contributed by atoms with Crippen LogP contribution in [0.3, 0.4) is 0 Å². The van der Waals surface area contributed by atoms with Gasteiger partial charge in [0.25, 0.3) is 0 Å². The minimum Gasteiger partial charge on any atom is -0.391 e. The van der Waals surface area contributed by atoms with Crippen LogP contribution in [0.25, 0.3) is 0 Å². The van der Waals surface area contributed by atoms with Crippen molar-refractivity contribution in [2.45, 2.75) is 32.5 Å². The summed E-state index contributed by atoms with van der Waals surface area (Å²) in [5.74, 6) is 1.14. The zero-order valence-electron chi connectivity index (χ0n) is 12.1. The second-order valence-electron chi connectivity index (χ2n) is 5.41. The van der Waals surface area contributed by atoms with Crippen molar-refractivity contribution in [1.82, 2.24) is 29.6 Å². The molecule has 7 nitrogen and oxygen atoms in total. The molecule has 0 radical (unpaired) electrons. The van der Waals surface area contributed by atoms with Crippen LogP contribution in [0.5, 0.6) is 0 Å². The van der Waals surface area contributed by atoms with Gasteiger partial charge in [-0.2, -0.15) is 5.10 Å². The molecule has 2 aromatic rings. The molecule has 112 valence electrons. The number of aromatic nitrogens is 5. The van der Waals surface area contributed by atoms with Crippen molar-refractivity contribution in [2.75, 3.05) is 13.1 Å². The van der Waals surface area contributed by atoms with Gasteiger partial charge >= 0.3 is 0 Å². The normalized spacial score (nSPS) is 22.8. The van der Waals surface area contributed by atoms with Crippen molar-refractivity contribution in [2.24, 2.45) is 5.92 Å². The van der Waals surface area contributed by atoms with Crippen molar-refractivity contribution >= 4 is 0 Å². The third-order valence-corrected chi connectivity index (χ3v) is 3.93. The predicted molar refractivity (Wildman–Crippen MR) is 76.2 cm³/mol. The quantitative estimate of drug-likeness (QED) is 0.842. The van der Waals surface area contributed by atoms with Gasteiger partial charge in [0, 0.05) is 44.1 Å². The van der Waals surface area contributed by atoms with E-state index in [-0.39, 0.29) is 12.0 Å². The maximum atomic E-state index is 10.2. The first-order valence-corrected chi connectivity index (χ1v) is 7.28. The number of aliphatic hydroxyl groups excluding tert-OH is 1. The molecule has 0 bridgehead atoms. The van der Waals surface area contributed by atoms with E-state index in [9.17, 15) is 5.11 Å². The number of likely N-dealkylation sites (tertiary alicyclic amines) is 1. The van der Waals surface area contributed by atoms with Gasteiger partial charge in [-0.1, -0.05) is 0 Å². The average Bonchev–Trinajstić information content (AvgIpc) is 3.07. The summed E-state index contributed by atoms with van der Waals surface area (Å²) >= 11 is 0. The Kier molecular flexibility index (Phi) is 4.21. The van der Waals surface area contributed by atoms with Gasteiger partial charge in [0.2, 0.25) is 0 Å². The molecule has 0 aliphatic carbocycles. The summed E-state index contributed by atoms with van der Waals surface area (Å²) < 4.78 is 1.89. The highest BCUT2D eigenvalue weighted by Gasteiger charge is 2.32. The van der Waals surface area contributed by atoms with Crippen molar-refractivity contribution in [3.8, 4) is 0 Å². The Bertz CT molecular complexity index is 572. The Morgan fingerprint density at radius 3 is 2.95 bits per heavy atom. The van der Waals surface area contributed by atoms with Crippen LogP contribution in [-0.2, 0) is 19.5 Å². The molecule has 1 aliphatic heterocycles. The molecule has 1 N–H and O–H groups in total. The van der Waals surface area contributed by atoms with Crippen LogP contribution in [0.1, 0.15) is 18.4 Å². The molecule has 0 saturated carbocycles. The highest BCUT2D eigenvalue weighted by Crippen LogP contribution is 2.21. The largest absolute Gasteiger partial charge is 0.391 e. The highest BCUT2D eigenvalue weighted by atomic mass is 16.3. The van der Waals surface area contributed by atoms with Gasteiger partial charge < -0.3 is 5.11 Å². The van der Waals surface area contributed by atoms with Crippen LogP contribution in [0, 0.1) is 5.92 Å². The first-order valence-electron chi connectivity index (χ1n) is 7.28. The Hall–Kier alpha value is -1.86. The van der Waals surface area contributed by atoms with Crippen LogP contribution in [0.15, 0.2) is 24.9 Å². The molecule has 0 spiro atoms. The lowest BCUT2D eigenvalue weighted by atomic mass is 10.0. The lowest BCUT2D eigenvalue weighted by molar-refractivity contribution is 0.140. The summed E-state index contributed by atoms with van der Waals surface area (Å²) in [5.41, 5.74) is 0.931. The summed E-state index contributed by atoms with van der Waals surface area (Å²) in [5, 5.41) is 14.4. The molecule has 3 heterocycles. The standard InChI is InChI=1S/C14H20N6O/c1-2-20-14(17-10-18-20)9-19-7-11(13(21)8-19)5-12-6-15-3-4-16-12/h3-4,6,10-11,13,21H,2,5,7-9H2,1H3/t11-,13-/m1/s1. The van der Waals surface area contributed by atoms with Crippen molar-refractivity contribution < 1.29 is 5.11 Å². The molecular weight excluding hydrogens is 268 g/mol. The Balaban J connectivity index is 1.61. The van der Waals surface area contributed by atoms with Gasteiger partial charge in [0.15, 0.2) is 0 Å². The molecule has 1 saturated heterocycles. The molecule has 3 rings (SSSR count). The maximum absolute atomic E-state index is 10.2. The molecule has 0 amide bonds. The van der Waals surface area contributed by atoms with Crippen molar-refractivity contribution in [3.05, 3.63) is 36.4 Å². The molecule has 1 aliphatic rings. The minimum absolute atomic E-state index is 0.194. The fourth-order valence-electron chi connectivity index (χ4n) is 2.85. The summed E-state index contributed by atoms with van der Waals surface area (Å²) in [7, 11) is 0. The molecule has 0 unspecified atom stereocenters. The zero-order chi connectivity index (χ0) is 14.7. The molecule has 2 aromatic heterocycles. The van der Waals surface area contributed by atoms with Gasteiger partial charge in [0.05, 0.1) is 18.3 Å². The number of rotatable bonds is 5. The predicted octanol–water partition coefficient (Wildman–Crippen LogP) is 0.123. The van der Waals surface area contributed by atoms with Gasteiger partial charge in [0.1, 0.15) is 12.2 Å². The molecule has 0 aromatic carbocycles. The number of β-amino-alcohol motifs (C(OH)–C–C–N with tert-alkyl or cyclic N) is 1. The van der Waals surface area contributed by atoms with Crippen LogP contribution in [0.2, 0.25) is 0 Å². The monoisotopic (exact) mass is 288 g/mol. The van der Waals surface area contributed by atoms with Gasteiger partial charge in [-0.25, -0.2) is 9.67 Å². The maximum Gasteiger partial charge on any atom is 0.140 e. The summed E-state index contributed by atoms with van der Waals surface area (Å²) in [6.45, 7) is 5.10. The van der Waals surface area contributed by atoms with Crippen LogP contribution in [0.4, 0.5) is 0 Å². The lowest BCUT2D eigenvalue weighted by Gasteiger charge is -2.15. The fraction of sp³-hybridized carbons (Fsp3) is 0.571. The first kappa shape index (κ1) is 14.1. The van der Waals surface area contributed by atoms with Gasteiger partial charge in [-0.15, -0.1) is 0 Å². The third kappa shape index (κ3) is 3.25. The number of hydrogen-bond donors (Lipinski definition) is 1. The van der Waals surface area contributed by atoms with E-state index in [0.717, 1.165) is 37.6 Å². The van der Waals surface area contributed by atoms with E-state index in [1.165, 1.54) is 0 Å². The molecule has 2 atom stereocenters. The third-order valence-electron chi connectivity index (χ3n) is 3.93. The van der Waals surface area contributed by atoms with Crippen molar-refractivity contribution in [1.29, 1.82) is 0 Å². The van der Waals surface area contributed by atoms with Gasteiger partial charge in [-0.3, -0.25) is 14.9 Å². The van der Waals surface area contributed by atoms with E-state index in [1.54, 1.807) is 24.9 Å². The van der Waals surface area contributed by atoms with Crippen LogP contribution >= 0.6 is 0 Å².